The smallest absolute Gasteiger partial charge is 0.295 e. The molecule has 3 N–H and O–H groups in total. The van der Waals surface area contributed by atoms with Crippen molar-refractivity contribution in [1.82, 2.24) is 9.80 Å². The van der Waals surface area contributed by atoms with E-state index in [-0.39, 0.29) is 27.9 Å². The number of nitrogen functional groups attached to an aromatic ring is 1. The van der Waals surface area contributed by atoms with Crippen molar-refractivity contribution < 1.29 is 9.72 Å². The molecule has 0 heterocycles. The third kappa shape index (κ3) is 4.28. The van der Waals surface area contributed by atoms with Crippen molar-refractivity contribution >= 4 is 28.9 Å². The lowest BCUT2D eigenvalue weighted by Crippen LogP contribution is -2.33. The summed E-state index contributed by atoms with van der Waals surface area (Å²) in [5.41, 5.74) is 1.96. The van der Waals surface area contributed by atoms with E-state index in [1.54, 1.807) is 7.05 Å². The number of hydrogen-bond acceptors (Lipinski definition) is 6. The Kier molecular flexibility index (Phi) is 5.89. The van der Waals surface area contributed by atoms with Gasteiger partial charge >= 0.3 is 0 Å². The monoisotopic (exact) mass is 315 g/mol. The fourth-order valence-corrected chi connectivity index (χ4v) is 1.94. The van der Waals surface area contributed by atoms with Gasteiger partial charge in [-0.1, -0.05) is 11.6 Å². The van der Waals surface area contributed by atoms with Gasteiger partial charge in [-0.2, -0.15) is 0 Å². The minimum atomic E-state index is -0.641. The van der Waals surface area contributed by atoms with Crippen LogP contribution in [-0.4, -0.2) is 54.9 Å². The number of halogens is 1. The molecule has 0 radical (unpaired) electrons. The molecule has 0 aliphatic carbocycles. The number of nitrogens with two attached hydrogens (primary N) is 1. The van der Waals surface area contributed by atoms with E-state index in [1.807, 2.05) is 19.0 Å². The van der Waals surface area contributed by atoms with Gasteiger partial charge in [0.15, 0.2) is 0 Å². The van der Waals surface area contributed by atoms with Gasteiger partial charge < -0.3 is 15.2 Å². The summed E-state index contributed by atoms with van der Waals surface area (Å²) in [5.74, 6) is 4.87. The molecule has 9 heteroatoms. The molecule has 0 saturated carbocycles. The van der Waals surface area contributed by atoms with Gasteiger partial charge in [0.2, 0.25) is 0 Å². The summed E-state index contributed by atoms with van der Waals surface area (Å²) in [7, 11) is 5.41. The second kappa shape index (κ2) is 7.21. The molecule has 1 aromatic carbocycles. The SMILES string of the molecule is CN(C)CCN(C)C(=O)c1cc(Cl)c(NN)c([N+](=O)[O-])c1. The highest BCUT2D eigenvalue weighted by atomic mass is 35.5. The normalized spacial score (nSPS) is 10.6. The Morgan fingerprint density at radius 2 is 2.00 bits per heavy atom. The minimum absolute atomic E-state index is 0.0193. The number of benzene rings is 1. The van der Waals surface area contributed by atoms with E-state index in [4.69, 9.17) is 17.4 Å². The maximum Gasteiger partial charge on any atom is 0.295 e. The topological polar surface area (TPSA) is 105 Å². The van der Waals surface area contributed by atoms with Crippen LogP contribution in [0.2, 0.25) is 5.02 Å². The van der Waals surface area contributed by atoms with Crippen molar-refractivity contribution in [2.75, 3.05) is 39.7 Å². The number of nitro benzene ring substituents is 1. The fourth-order valence-electron chi connectivity index (χ4n) is 1.67. The van der Waals surface area contributed by atoms with Crippen molar-refractivity contribution in [1.29, 1.82) is 0 Å². The fraction of sp³-hybridized carbons (Fsp3) is 0.417. The van der Waals surface area contributed by atoms with Crippen LogP contribution in [0.5, 0.6) is 0 Å². The third-order valence-electron chi connectivity index (χ3n) is 2.89. The first-order valence-electron chi connectivity index (χ1n) is 6.12. The van der Waals surface area contributed by atoms with Crippen LogP contribution >= 0.6 is 11.6 Å². The quantitative estimate of drug-likeness (QED) is 0.464. The molecule has 0 aromatic heterocycles. The number of rotatable bonds is 6. The predicted octanol–water partition coefficient (Wildman–Crippen LogP) is 1.17. The molecule has 8 nitrogen and oxygen atoms in total. The lowest BCUT2D eigenvalue weighted by Gasteiger charge is -2.20. The molecule has 0 saturated heterocycles. The van der Waals surface area contributed by atoms with Crippen molar-refractivity contribution in [3.63, 3.8) is 0 Å². The van der Waals surface area contributed by atoms with Crippen molar-refractivity contribution in [3.05, 3.63) is 32.8 Å². The summed E-state index contributed by atoms with van der Waals surface area (Å²) >= 11 is 5.93. The Balaban J connectivity index is 3.08. The van der Waals surface area contributed by atoms with Crippen LogP contribution in [0, 0.1) is 10.1 Å². The van der Waals surface area contributed by atoms with Crippen molar-refractivity contribution in [2.45, 2.75) is 0 Å². The zero-order chi connectivity index (χ0) is 16.2. The molecule has 0 bridgehead atoms. The van der Waals surface area contributed by atoms with Crippen LogP contribution in [0.15, 0.2) is 12.1 Å². The standard InChI is InChI=1S/C12H18ClN5O3/c1-16(2)4-5-17(3)12(19)8-6-9(13)11(15-14)10(7-8)18(20)21/h6-7,15H,4-5,14H2,1-3H3. The van der Waals surface area contributed by atoms with Crippen LogP contribution < -0.4 is 11.3 Å². The van der Waals surface area contributed by atoms with E-state index < -0.39 is 4.92 Å². The number of hydrogen-bond donors (Lipinski definition) is 2. The lowest BCUT2D eigenvalue weighted by molar-refractivity contribution is -0.384. The Hall–Kier alpha value is -1.90. The maximum atomic E-state index is 12.3. The molecule has 0 aliphatic rings. The van der Waals surface area contributed by atoms with Gasteiger partial charge in [-0.05, 0) is 20.2 Å². The van der Waals surface area contributed by atoms with Crippen LogP contribution in [-0.2, 0) is 0 Å². The molecule has 1 aromatic rings. The first kappa shape index (κ1) is 17.2. The average Bonchev–Trinajstić information content (AvgIpc) is 2.42. The summed E-state index contributed by atoms with van der Waals surface area (Å²) < 4.78 is 0. The molecule has 0 atom stereocenters. The number of amides is 1. The highest BCUT2D eigenvalue weighted by Crippen LogP contribution is 2.33. The Bertz CT molecular complexity index is 550. The molecule has 0 spiro atoms. The van der Waals surface area contributed by atoms with E-state index >= 15 is 0 Å². The zero-order valence-corrected chi connectivity index (χ0v) is 12.8. The van der Waals surface area contributed by atoms with Gasteiger partial charge in [-0.15, -0.1) is 0 Å². The first-order valence-corrected chi connectivity index (χ1v) is 6.50. The molecule has 116 valence electrons. The largest absolute Gasteiger partial charge is 0.340 e. The van der Waals surface area contributed by atoms with E-state index in [0.717, 1.165) is 6.07 Å². The summed E-state index contributed by atoms with van der Waals surface area (Å²) in [5, 5.41) is 11.0. The number of nitrogens with zero attached hydrogens (tertiary/aromatic N) is 3. The molecular weight excluding hydrogens is 298 g/mol. The molecule has 0 fully saturated rings. The lowest BCUT2D eigenvalue weighted by atomic mass is 10.1. The molecular formula is C12H18ClN5O3. The average molecular weight is 316 g/mol. The van der Waals surface area contributed by atoms with Gasteiger partial charge in [0.25, 0.3) is 11.6 Å². The van der Waals surface area contributed by atoms with Crippen LogP contribution in [0.25, 0.3) is 0 Å². The van der Waals surface area contributed by atoms with Crippen LogP contribution in [0.4, 0.5) is 11.4 Å². The highest BCUT2D eigenvalue weighted by Gasteiger charge is 2.22. The number of hydrazine groups is 1. The van der Waals surface area contributed by atoms with Crippen molar-refractivity contribution in [3.8, 4) is 0 Å². The molecule has 0 unspecified atom stereocenters. The van der Waals surface area contributed by atoms with Crippen molar-refractivity contribution in [2.24, 2.45) is 5.84 Å². The Labute approximate surface area is 127 Å². The number of nitro groups is 1. The van der Waals surface area contributed by atoms with E-state index in [1.165, 1.54) is 11.0 Å². The summed E-state index contributed by atoms with van der Waals surface area (Å²) in [4.78, 5) is 26.0. The van der Waals surface area contributed by atoms with Crippen LogP contribution in [0.1, 0.15) is 10.4 Å². The number of carbonyl (C=O) groups excluding carboxylic acids is 1. The van der Waals surface area contributed by atoms with Gasteiger partial charge in [0.05, 0.1) is 9.95 Å². The molecule has 1 amide bonds. The first-order chi connectivity index (χ1) is 9.77. The van der Waals surface area contributed by atoms with Gasteiger partial charge in [0, 0.05) is 31.8 Å². The Morgan fingerprint density at radius 3 is 2.48 bits per heavy atom. The van der Waals surface area contributed by atoms with E-state index in [2.05, 4.69) is 5.43 Å². The predicted molar refractivity (Wildman–Crippen MR) is 81.4 cm³/mol. The Morgan fingerprint density at radius 1 is 1.38 bits per heavy atom. The van der Waals surface area contributed by atoms with Gasteiger partial charge in [0.1, 0.15) is 5.69 Å². The number of anilines is 1. The number of carbonyl (C=O) groups is 1. The minimum Gasteiger partial charge on any atom is -0.340 e. The third-order valence-corrected chi connectivity index (χ3v) is 3.18. The number of nitrogens with one attached hydrogen (secondary N) is 1. The van der Waals surface area contributed by atoms with Gasteiger partial charge in [-0.25, -0.2) is 0 Å². The second-order valence-electron chi connectivity index (χ2n) is 4.78. The highest BCUT2D eigenvalue weighted by molar-refractivity contribution is 6.34. The maximum absolute atomic E-state index is 12.3. The van der Waals surface area contributed by atoms with Crippen LogP contribution in [0.3, 0.4) is 0 Å². The van der Waals surface area contributed by atoms with Gasteiger partial charge in [-0.3, -0.25) is 20.8 Å². The van der Waals surface area contributed by atoms with E-state index in [0.29, 0.717) is 13.1 Å². The molecule has 1 rings (SSSR count). The summed E-state index contributed by atoms with van der Waals surface area (Å²) in [6.07, 6.45) is 0. The summed E-state index contributed by atoms with van der Waals surface area (Å²) in [6.45, 7) is 1.18. The summed E-state index contributed by atoms with van der Waals surface area (Å²) in [6, 6.07) is 2.52. The number of likely N-dealkylation sites (N-methyl/N-ethyl adjacent to an activating group) is 2. The second-order valence-corrected chi connectivity index (χ2v) is 5.19. The zero-order valence-electron chi connectivity index (χ0n) is 12.1. The molecule has 0 aliphatic heterocycles. The molecule has 21 heavy (non-hydrogen) atoms. The van der Waals surface area contributed by atoms with E-state index in [9.17, 15) is 14.9 Å².